The van der Waals surface area contributed by atoms with E-state index in [4.69, 9.17) is 18.9 Å². The van der Waals surface area contributed by atoms with Crippen molar-refractivity contribution in [1.29, 1.82) is 0 Å². The van der Waals surface area contributed by atoms with Crippen LogP contribution in [0.4, 0.5) is 0 Å². The Morgan fingerprint density at radius 1 is 1.29 bits per heavy atom. The molecule has 0 saturated carbocycles. The minimum Gasteiger partial charge on any atom is -1.00 e. The van der Waals surface area contributed by atoms with E-state index in [0.717, 1.165) is 22.2 Å². The molecule has 2 aliphatic rings. The molecule has 0 saturated heterocycles. The van der Waals surface area contributed by atoms with Crippen LogP contribution in [0.1, 0.15) is 19.4 Å². The first kappa shape index (κ1) is 16.9. The van der Waals surface area contributed by atoms with Crippen LogP contribution in [0.25, 0.3) is 10.9 Å². The molecule has 0 unspecified atom stereocenters. The number of fused-ring (bicyclic) bond motifs is 4. The fourth-order valence-electron chi connectivity index (χ4n) is 3.36. The Hall–Kier alpha value is -1.92. The van der Waals surface area contributed by atoms with Crippen molar-refractivity contribution in [2.24, 2.45) is 7.05 Å². The molecule has 2 aromatic rings. The van der Waals surface area contributed by atoms with Crippen LogP contribution in [-0.4, -0.2) is 30.7 Å². The molecule has 1 aromatic carbocycles. The molecule has 1 N–H and O–H groups in total. The summed E-state index contributed by atoms with van der Waals surface area (Å²) in [5, 5.41) is 11.3. The summed E-state index contributed by atoms with van der Waals surface area (Å²) in [6.45, 7) is 3.72. The van der Waals surface area contributed by atoms with Gasteiger partial charge in [-0.05, 0) is 26.0 Å². The van der Waals surface area contributed by atoms with E-state index in [1.807, 2.05) is 23.7 Å². The van der Waals surface area contributed by atoms with Gasteiger partial charge in [0.1, 0.15) is 24.5 Å². The summed E-state index contributed by atoms with van der Waals surface area (Å²) in [5.74, 6) is 2.87. The number of aliphatic hydroxyl groups is 1. The van der Waals surface area contributed by atoms with E-state index in [1.54, 1.807) is 21.0 Å². The van der Waals surface area contributed by atoms with Crippen LogP contribution in [0, 0.1) is 0 Å². The summed E-state index contributed by atoms with van der Waals surface area (Å²) in [5.41, 5.74) is 0.894. The first-order valence-corrected chi connectivity index (χ1v) is 7.62. The van der Waals surface area contributed by atoms with Gasteiger partial charge in [0.05, 0.1) is 18.1 Å². The van der Waals surface area contributed by atoms with E-state index in [9.17, 15) is 5.11 Å². The number of aromatic nitrogens is 1. The van der Waals surface area contributed by atoms with Crippen molar-refractivity contribution in [2.75, 3.05) is 13.9 Å². The summed E-state index contributed by atoms with van der Waals surface area (Å²) >= 11 is 0. The number of benzene rings is 1. The maximum Gasteiger partial charge on any atom is 0.375 e. The zero-order valence-corrected chi connectivity index (χ0v) is 14.8. The van der Waals surface area contributed by atoms with E-state index in [1.165, 1.54) is 0 Å². The number of nitrogens with zero attached hydrogens (tertiary/aromatic N) is 1. The number of rotatable bonds is 2. The average molecular weight is 354 g/mol. The topological polar surface area (TPSA) is 61.0 Å². The smallest absolute Gasteiger partial charge is 0.375 e. The third-order valence-corrected chi connectivity index (χ3v) is 4.57. The molecular formula is C17H20ClNO5. The van der Waals surface area contributed by atoms with Gasteiger partial charge in [0, 0.05) is 6.42 Å². The average Bonchev–Trinajstić information content (AvgIpc) is 3.13. The van der Waals surface area contributed by atoms with Gasteiger partial charge in [0.25, 0.3) is 5.52 Å². The van der Waals surface area contributed by atoms with Crippen LogP contribution in [0.15, 0.2) is 12.1 Å². The van der Waals surface area contributed by atoms with E-state index in [0.29, 0.717) is 23.8 Å². The molecule has 3 heterocycles. The Kier molecular flexibility index (Phi) is 3.92. The predicted molar refractivity (Wildman–Crippen MR) is 82.2 cm³/mol. The monoisotopic (exact) mass is 353 g/mol. The van der Waals surface area contributed by atoms with Gasteiger partial charge in [-0.3, -0.25) is 0 Å². The number of halogens is 1. The van der Waals surface area contributed by atoms with Gasteiger partial charge in [-0.1, -0.05) is 0 Å². The first-order chi connectivity index (χ1) is 10.9. The molecule has 0 fully saturated rings. The molecule has 6 nitrogen and oxygen atoms in total. The molecule has 0 bridgehead atoms. The lowest BCUT2D eigenvalue weighted by atomic mass is 9.96. The molecule has 4 rings (SSSR count). The maximum absolute atomic E-state index is 10.3. The highest BCUT2D eigenvalue weighted by molar-refractivity contribution is 5.91. The number of methoxy groups -OCH3 is 1. The lowest BCUT2D eigenvalue weighted by molar-refractivity contribution is -0.651. The number of hydrogen-bond donors (Lipinski definition) is 1. The SMILES string of the molecule is COc1c2c([n+](C)c3c4c(ccc13)OCO4)O[C@H](C(C)(C)O)C2.[Cl-]. The second kappa shape index (κ2) is 5.57. The minimum atomic E-state index is -0.940. The summed E-state index contributed by atoms with van der Waals surface area (Å²) in [6.07, 6.45) is 0.278. The molecule has 1 atom stereocenters. The van der Waals surface area contributed by atoms with Crippen molar-refractivity contribution in [1.82, 2.24) is 0 Å². The Bertz CT molecular complexity index is 815. The number of aryl methyl sites for hydroxylation is 1. The Morgan fingerprint density at radius 2 is 2.04 bits per heavy atom. The zero-order valence-electron chi connectivity index (χ0n) is 14.1. The molecule has 0 amide bonds. The molecule has 24 heavy (non-hydrogen) atoms. The molecule has 0 spiro atoms. The van der Waals surface area contributed by atoms with Gasteiger partial charge in [-0.25, -0.2) is 0 Å². The quantitative estimate of drug-likeness (QED) is 0.665. The second-order valence-electron chi connectivity index (χ2n) is 6.54. The van der Waals surface area contributed by atoms with Crippen LogP contribution >= 0.6 is 0 Å². The number of ether oxygens (including phenoxy) is 4. The summed E-state index contributed by atoms with van der Waals surface area (Å²) in [4.78, 5) is 0. The van der Waals surface area contributed by atoms with Crippen molar-refractivity contribution in [2.45, 2.75) is 32.0 Å². The van der Waals surface area contributed by atoms with Crippen molar-refractivity contribution in [3.63, 3.8) is 0 Å². The molecule has 1 aromatic heterocycles. The first-order valence-electron chi connectivity index (χ1n) is 7.62. The predicted octanol–water partition coefficient (Wildman–Crippen LogP) is -1.52. The third-order valence-electron chi connectivity index (χ3n) is 4.57. The largest absolute Gasteiger partial charge is 1.00 e. The maximum atomic E-state index is 10.3. The van der Waals surface area contributed by atoms with Gasteiger partial charge in [-0.2, -0.15) is 4.57 Å². The molecule has 0 aliphatic carbocycles. The van der Waals surface area contributed by atoms with Crippen molar-refractivity contribution in [3.05, 3.63) is 17.7 Å². The Morgan fingerprint density at radius 3 is 2.71 bits per heavy atom. The molecule has 2 aliphatic heterocycles. The van der Waals surface area contributed by atoms with Gasteiger partial charge >= 0.3 is 5.88 Å². The van der Waals surface area contributed by atoms with E-state index >= 15 is 0 Å². The van der Waals surface area contributed by atoms with E-state index in [-0.39, 0.29) is 25.3 Å². The zero-order chi connectivity index (χ0) is 16.4. The third kappa shape index (κ3) is 2.24. The van der Waals surface area contributed by atoms with Gasteiger partial charge in [0.15, 0.2) is 5.75 Å². The fraction of sp³-hybridized carbons (Fsp3) is 0.471. The molecule has 0 radical (unpaired) electrons. The van der Waals surface area contributed by atoms with Gasteiger partial charge < -0.3 is 36.5 Å². The highest BCUT2D eigenvalue weighted by Gasteiger charge is 2.43. The number of pyridine rings is 1. The van der Waals surface area contributed by atoms with Crippen LogP contribution < -0.4 is 35.9 Å². The second-order valence-corrected chi connectivity index (χ2v) is 6.54. The fourth-order valence-corrected chi connectivity index (χ4v) is 3.36. The minimum absolute atomic E-state index is 0. The van der Waals surface area contributed by atoms with Gasteiger partial charge in [0.2, 0.25) is 12.5 Å². The lowest BCUT2D eigenvalue weighted by Crippen LogP contribution is -3.00. The van der Waals surface area contributed by atoms with E-state index < -0.39 is 5.60 Å². The van der Waals surface area contributed by atoms with Crippen molar-refractivity contribution >= 4 is 10.9 Å². The molecule has 7 heteroatoms. The Balaban J connectivity index is 0.00000169. The number of hydrogen-bond acceptors (Lipinski definition) is 5. The highest BCUT2D eigenvalue weighted by Crippen LogP contribution is 2.45. The van der Waals surface area contributed by atoms with Crippen molar-refractivity contribution < 1.29 is 41.0 Å². The molecular weight excluding hydrogens is 334 g/mol. The van der Waals surface area contributed by atoms with Crippen LogP contribution in [-0.2, 0) is 13.5 Å². The van der Waals surface area contributed by atoms with Crippen molar-refractivity contribution in [3.8, 4) is 23.1 Å². The van der Waals surface area contributed by atoms with Crippen LogP contribution in [0.3, 0.4) is 0 Å². The standard InChI is InChI=1S/C17H20NO5.ClH/c1-17(2,19)12-7-10-14(20-4)9-5-6-11-15(22-8-21-11)13(9)18(3)16(10)23-12;/h5-6,12,19H,7-8H2,1-4H3;1H/q+1;/p-1/t12-;/m0./s1. The highest BCUT2D eigenvalue weighted by atomic mass is 35.5. The van der Waals surface area contributed by atoms with E-state index in [2.05, 4.69) is 0 Å². The molecule has 130 valence electrons. The summed E-state index contributed by atoms with van der Waals surface area (Å²) < 4.78 is 24.8. The van der Waals surface area contributed by atoms with Gasteiger partial charge in [-0.15, -0.1) is 0 Å². The summed E-state index contributed by atoms with van der Waals surface area (Å²) in [7, 11) is 3.58. The summed E-state index contributed by atoms with van der Waals surface area (Å²) in [6, 6.07) is 3.86. The normalized spacial score (nSPS) is 18.1. The Labute approximate surface area is 146 Å². The lowest BCUT2D eigenvalue weighted by Gasteiger charge is -2.23. The van der Waals surface area contributed by atoms with Crippen LogP contribution in [0.2, 0.25) is 0 Å². The van der Waals surface area contributed by atoms with Crippen LogP contribution in [0.5, 0.6) is 23.1 Å².